The van der Waals surface area contributed by atoms with Crippen LogP contribution >= 0.6 is 22.3 Å². The number of rotatable bonds is 3. The number of pyridine rings is 1. The summed E-state index contributed by atoms with van der Waals surface area (Å²) in [5.74, 6) is 0. The van der Waals surface area contributed by atoms with Crippen LogP contribution in [0.5, 0.6) is 0 Å². The molecular weight excluding hydrogens is 318 g/mol. The predicted octanol–water partition coefficient (Wildman–Crippen LogP) is 2.91. The molecule has 0 aliphatic carbocycles. The van der Waals surface area contributed by atoms with Crippen molar-refractivity contribution in [1.29, 1.82) is 0 Å². The molecular formula is C8H6Cl2F3NO3S. The van der Waals surface area contributed by atoms with Gasteiger partial charge in [-0.2, -0.15) is 13.2 Å². The standard InChI is InChI=1S/C8H6Cl2F3NO3S/c1-17-7(8(11,12)13)6-4(9)2-3-5(14-6)18(10,15)16/h2-3,7H,1H3. The smallest absolute Gasteiger partial charge is 0.366 e. The minimum Gasteiger partial charge on any atom is -0.366 e. The highest BCUT2D eigenvalue weighted by Gasteiger charge is 2.43. The molecule has 0 amide bonds. The number of halogens is 5. The molecule has 0 fully saturated rings. The molecule has 1 unspecified atom stereocenters. The lowest BCUT2D eigenvalue weighted by atomic mass is 10.2. The van der Waals surface area contributed by atoms with E-state index in [4.69, 9.17) is 22.3 Å². The van der Waals surface area contributed by atoms with Gasteiger partial charge in [-0.25, -0.2) is 13.4 Å². The van der Waals surface area contributed by atoms with Gasteiger partial charge in [-0.15, -0.1) is 0 Å². The van der Waals surface area contributed by atoms with Crippen LogP contribution in [0.2, 0.25) is 5.02 Å². The van der Waals surface area contributed by atoms with Crippen molar-refractivity contribution in [3.8, 4) is 0 Å². The third-order valence-corrected chi connectivity index (χ3v) is 3.40. The van der Waals surface area contributed by atoms with Gasteiger partial charge in [0.25, 0.3) is 9.05 Å². The first kappa shape index (κ1) is 15.5. The molecule has 0 aromatic carbocycles. The Morgan fingerprint density at radius 1 is 1.39 bits per heavy atom. The van der Waals surface area contributed by atoms with E-state index in [1.54, 1.807) is 0 Å². The van der Waals surface area contributed by atoms with Crippen LogP contribution in [-0.2, 0) is 13.8 Å². The lowest BCUT2D eigenvalue weighted by Crippen LogP contribution is -2.24. The molecule has 4 nitrogen and oxygen atoms in total. The summed E-state index contributed by atoms with van der Waals surface area (Å²) in [5, 5.41) is -1.10. The summed E-state index contributed by atoms with van der Waals surface area (Å²) < 4.78 is 64.1. The maximum absolute atomic E-state index is 12.6. The van der Waals surface area contributed by atoms with Crippen LogP contribution in [0.25, 0.3) is 0 Å². The minimum atomic E-state index is -4.78. The molecule has 0 saturated heterocycles. The first-order valence-electron chi connectivity index (χ1n) is 4.28. The first-order chi connectivity index (χ1) is 8.07. The van der Waals surface area contributed by atoms with E-state index in [0.717, 1.165) is 19.2 Å². The van der Waals surface area contributed by atoms with Crippen molar-refractivity contribution >= 4 is 31.3 Å². The highest BCUT2D eigenvalue weighted by Crippen LogP contribution is 2.37. The van der Waals surface area contributed by atoms with E-state index < -0.39 is 32.1 Å². The Kier molecular flexibility index (Phi) is 4.47. The average Bonchev–Trinajstić information content (AvgIpc) is 2.18. The second-order valence-electron chi connectivity index (χ2n) is 3.11. The van der Waals surface area contributed by atoms with E-state index in [1.165, 1.54) is 0 Å². The summed E-state index contributed by atoms with van der Waals surface area (Å²) in [4.78, 5) is 3.28. The molecule has 1 atom stereocenters. The predicted molar refractivity (Wildman–Crippen MR) is 58.1 cm³/mol. The number of hydrogen-bond donors (Lipinski definition) is 0. The second kappa shape index (κ2) is 5.20. The molecule has 1 heterocycles. The monoisotopic (exact) mass is 323 g/mol. The summed E-state index contributed by atoms with van der Waals surface area (Å²) in [5.41, 5.74) is -0.756. The molecule has 0 spiro atoms. The molecule has 1 aromatic heterocycles. The molecule has 0 radical (unpaired) electrons. The van der Waals surface area contributed by atoms with Gasteiger partial charge >= 0.3 is 6.18 Å². The Morgan fingerprint density at radius 2 is 1.94 bits per heavy atom. The fraction of sp³-hybridized carbons (Fsp3) is 0.375. The topological polar surface area (TPSA) is 56.3 Å². The molecule has 1 rings (SSSR count). The van der Waals surface area contributed by atoms with Gasteiger partial charge in [0.15, 0.2) is 11.1 Å². The van der Waals surface area contributed by atoms with Crippen LogP contribution in [0.15, 0.2) is 17.2 Å². The van der Waals surface area contributed by atoms with E-state index in [2.05, 4.69) is 9.72 Å². The van der Waals surface area contributed by atoms with E-state index in [9.17, 15) is 21.6 Å². The molecule has 0 aliphatic heterocycles. The van der Waals surface area contributed by atoms with Gasteiger partial charge in [0.1, 0.15) is 0 Å². The lowest BCUT2D eigenvalue weighted by Gasteiger charge is -2.19. The molecule has 0 N–H and O–H groups in total. The van der Waals surface area contributed by atoms with E-state index in [1.807, 2.05) is 0 Å². The summed E-state index contributed by atoms with van der Waals surface area (Å²) in [6, 6.07) is 1.86. The number of nitrogens with zero attached hydrogens (tertiary/aromatic N) is 1. The van der Waals surface area contributed by atoms with E-state index >= 15 is 0 Å². The Balaban J connectivity index is 3.40. The van der Waals surface area contributed by atoms with E-state index in [0.29, 0.717) is 0 Å². The van der Waals surface area contributed by atoms with Crippen LogP contribution in [0, 0.1) is 0 Å². The zero-order valence-electron chi connectivity index (χ0n) is 8.70. The van der Waals surface area contributed by atoms with Crippen molar-refractivity contribution < 1.29 is 26.3 Å². The Bertz CT molecular complexity index is 547. The van der Waals surface area contributed by atoms with Crippen molar-refractivity contribution in [2.75, 3.05) is 7.11 Å². The van der Waals surface area contributed by atoms with Crippen LogP contribution in [0.4, 0.5) is 13.2 Å². The zero-order chi connectivity index (χ0) is 14.1. The van der Waals surface area contributed by atoms with Gasteiger partial charge in [-0.05, 0) is 12.1 Å². The van der Waals surface area contributed by atoms with Gasteiger partial charge in [0.05, 0.1) is 10.7 Å². The number of ether oxygens (including phenoxy) is 1. The summed E-state index contributed by atoms with van der Waals surface area (Å²) in [6.07, 6.45) is -7.21. The highest BCUT2D eigenvalue weighted by atomic mass is 35.7. The second-order valence-corrected chi connectivity index (χ2v) is 6.03. The zero-order valence-corrected chi connectivity index (χ0v) is 11.0. The average molecular weight is 324 g/mol. The molecule has 1 aromatic rings. The largest absolute Gasteiger partial charge is 0.420 e. The first-order valence-corrected chi connectivity index (χ1v) is 6.96. The molecule has 10 heteroatoms. The van der Waals surface area contributed by atoms with Gasteiger partial charge in [0, 0.05) is 17.8 Å². The molecule has 18 heavy (non-hydrogen) atoms. The van der Waals surface area contributed by atoms with Crippen LogP contribution in [-0.4, -0.2) is 26.7 Å². The van der Waals surface area contributed by atoms with Crippen molar-refractivity contribution in [2.24, 2.45) is 0 Å². The molecule has 102 valence electrons. The van der Waals surface area contributed by atoms with Crippen LogP contribution in [0.3, 0.4) is 0 Å². The molecule has 0 aliphatic rings. The Labute approximate surface area is 110 Å². The third-order valence-electron chi connectivity index (χ3n) is 1.88. The summed E-state index contributed by atoms with van der Waals surface area (Å²) >= 11 is 5.55. The van der Waals surface area contributed by atoms with Crippen molar-refractivity contribution in [1.82, 2.24) is 4.98 Å². The third kappa shape index (κ3) is 3.47. The molecule has 0 saturated carbocycles. The van der Waals surface area contributed by atoms with Crippen molar-refractivity contribution in [3.05, 3.63) is 22.8 Å². The fourth-order valence-electron chi connectivity index (χ4n) is 1.16. The lowest BCUT2D eigenvalue weighted by molar-refractivity contribution is -0.217. The Morgan fingerprint density at radius 3 is 2.33 bits per heavy atom. The summed E-state index contributed by atoms with van der Waals surface area (Å²) in [6.45, 7) is 0. The van der Waals surface area contributed by atoms with Gasteiger partial charge in [-0.3, -0.25) is 0 Å². The van der Waals surface area contributed by atoms with Crippen LogP contribution < -0.4 is 0 Å². The highest BCUT2D eigenvalue weighted by molar-refractivity contribution is 8.13. The van der Waals surface area contributed by atoms with Crippen molar-refractivity contribution in [3.63, 3.8) is 0 Å². The SMILES string of the molecule is COC(c1nc(S(=O)(=O)Cl)ccc1Cl)C(F)(F)F. The van der Waals surface area contributed by atoms with Gasteiger partial charge in [0.2, 0.25) is 0 Å². The van der Waals surface area contributed by atoms with Crippen LogP contribution in [0.1, 0.15) is 11.8 Å². The van der Waals surface area contributed by atoms with Gasteiger partial charge in [-0.1, -0.05) is 11.6 Å². The summed E-state index contributed by atoms with van der Waals surface area (Å²) in [7, 11) is 1.54. The number of alkyl halides is 3. The quantitative estimate of drug-likeness (QED) is 0.802. The van der Waals surface area contributed by atoms with E-state index in [-0.39, 0.29) is 5.02 Å². The minimum absolute atomic E-state index is 0.372. The Hall–Kier alpha value is -0.570. The maximum atomic E-state index is 12.6. The van der Waals surface area contributed by atoms with Crippen molar-refractivity contribution in [2.45, 2.75) is 17.3 Å². The fourth-order valence-corrected chi connectivity index (χ4v) is 2.06. The number of hydrogen-bond acceptors (Lipinski definition) is 4. The maximum Gasteiger partial charge on any atom is 0.420 e. The number of methoxy groups -OCH3 is 1. The number of aromatic nitrogens is 1. The normalized spacial score (nSPS) is 14.6. The molecule has 0 bridgehead atoms. The van der Waals surface area contributed by atoms with Gasteiger partial charge < -0.3 is 4.74 Å².